The molecule has 30 heavy (non-hydrogen) atoms. The molecule has 1 N–H and O–H groups in total. The second-order valence-corrected chi connectivity index (χ2v) is 8.30. The molecule has 0 spiro atoms. The molecule has 1 saturated carbocycles. The summed E-state index contributed by atoms with van der Waals surface area (Å²) in [4.78, 5) is 18.1. The highest BCUT2D eigenvalue weighted by atomic mass is 15.3. The van der Waals surface area contributed by atoms with Gasteiger partial charge in [0.1, 0.15) is 5.82 Å². The van der Waals surface area contributed by atoms with E-state index in [2.05, 4.69) is 54.8 Å². The minimum atomic E-state index is 0.320. The van der Waals surface area contributed by atoms with Crippen molar-refractivity contribution in [2.75, 3.05) is 7.05 Å². The third-order valence-corrected chi connectivity index (χ3v) is 5.94. The molecule has 0 radical (unpaired) electrons. The van der Waals surface area contributed by atoms with Crippen molar-refractivity contribution < 1.29 is 0 Å². The number of fused-ring (bicyclic) bond motifs is 2. The SMILES string of the molecule is CNC1CC(/C=N/c2ncc3c(-c4cnc5nc(C)n(C(C)C)c5c4)ccn3n2)C1. The third kappa shape index (κ3) is 3.17. The lowest BCUT2D eigenvalue weighted by atomic mass is 9.81. The van der Waals surface area contributed by atoms with E-state index < -0.39 is 0 Å². The Balaban J connectivity index is 1.47. The molecule has 0 bridgehead atoms. The number of aliphatic imine (C=N–C) groups is 1. The van der Waals surface area contributed by atoms with Crippen LogP contribution in [0.25, 0.3) is 27.8 Å². The maximum Gasteiger partial charge on any atom is 0.266 e. The lowest BCUT2D eigenvalue weighted by molar-refractivity contribution is 0.305. The van der Waals surface area contributed by atoms with Gasteiger partial charge in [-0.15, -0.1) is 5.10 Å². The van der Waals surface area contributed by atoms with Crippen molar-refractivity contribution >= 4 is 28.8 Å². The van der Waals surface area contributed by atoms with Crippen molar-refractivity contribution in [3.8, 4) is 11.1 Å². The van der Waals surface area contributed by atoms with Gasteiger partial charge in [-0.1, -0.05) is 0 Å². The van der Waals surface area contributed by atoms with Crippen molar-refractivity contribution in [1.82, 2.24) is 34.4 Å². The summed E-state index contributed by atoms with van der Waals surface area (Å²) in [5.41, 5.74) is 4.82. The number of hydrogen-bond donors (Lipinski definition) is 1. The van der Waals surface area contributed by atoms with E-state index in [9.17, 15) is 0 Å². The van der Waals surface area contributed by atoms with Gasteiger partial charge in [-0.25, -0.2) is 24.5 Å². The van der Waals surface area contributed by atoms with Gasteiger partial charge in [0.2, 0.25) is 0 Å². The molecule has 8 heteroatoms. The van der Waals surface area contributed by atoms with Crippen LogP contribution in [0.1, 0.15) is 38.6 Å². The van der Waals surface area contributed by atoms with E-state index in [-0.39, 0.29) is 0 Å². The van der Waals surface area contributed by atoms with E-state index in [4.69, 9.17) is 0 Å². The average molecular weight is 403 g/mol. The molecule has 0 aromatic carbocycles. The number of nitrogens with one attached hydrogen (secondary N) is 1. The second kappa shape index (κ2) is 7.28. The fourth-order valence-electron chi connectivity index (χ4n) is 4.28. The van der Waals surface area contributed by atoms with E-state index in [1.807, 2.05) is 49.4 Å². The number of aromatic nitrogens is 6. The Morgan fingerprint density at radius 2 is 2.03 bits per heavy atom. The average Bonchev–Trinajstić information content (AvgIpc) is 3.25. The first kappa shape index (κ1) is 18.9. The topological polar surface area (TPSA) is 85.3 Å². The minimum absolute atomic E-state index is 0.320. The van der Waals surface area contributed by atoms with Crippen LogP contribution >= 0.6 is 0 Å². The van der Waals surface area contributed by atoms with Crippen molar-refractivity contribution in [2.24, 2.45) is 10.9 Å². The summed E-state index contributed by atoms with van der Waals surface area (Å²) in [5.74, 6) is 1.97. The van der Waals surface area contributed by atoms with Gasteiger partial charge in [0.05, 0.1) is 17.2 Å². The molecule has 1 aliphatic carbocycles. The fourth-order valence-corrected chi connectivity index (χ4v) is 4.28. The summed E-state index contributed by atoms with van der Waals surface area (Å²) in [5, 5.41) is 7.84. The van der Waals surface area contributed by atoms with Crippen LogP contribution in [-0.4, -0.2) is 48.4 Å². The summed E-state index contributed by atoms with van der Waals surface area (Å²) in [6, 6.07) is 5.13. The lowest BCUT2D eigenvalue weighted by Gasteiger charge is -2.32. The number of nitrogens with zero attached hydrogens (tertiary/aromatic N) is 7. The first-order valence-electron chi connectivity index (χ1n) is 10.4. The van der Waals surface area contributed by atoms with Gasteiger partial charge in [-0.2, -0.15) is 0 Å². The summed E-state index contributed by atoms with van der Waals surface area (Å²) in [6.07, 6.45) is 9.88. The highest BCUT2D eigenvalue weighted by Crippen LogP contribution is 2.29. The number of aryl methyl sites for hydroxylation is 1. The zero-order valence-corrected chi connectivity index (χ0v) is 17.7. The monoisotopic (exact) mass is 402 g/mol. The second-order valence-electron chi connectivity index (χ2n) is 8.30. The molecule has 0 unspecified atom stereocenters. The molecule has 5 rings (SSSR count). The Morgan fingerprint density at radius 3 is 2.80 bits per heavy atom. The zero-order chi connectivity index (χ0) is 20.8. The summed E-state index contributed by atoms with van der Waals surface area (Å²) < 4.78 is 4.05. The predicted molar refractivity (Wildman–Crippen MR) is 118 cm³/mol. The van der Waals surface area contributed by atoms with Crippen molar-refractivity contribution in [3.63, 3.8) is 0 Å². The van der Waals surface area contributed by atoms with Gasteiger partial charge in [0, 0.05) is 41.8 Å². The molecule has 1 aliphatic rings. The lowest BCUT2D eigenvalue weighted by Crippen LogP contribution is -2.39. The normalized spacial score (nSPS) is 19.4. The van der Waals surface area contributed by atoms with Crippen molar-refractivity contribution in [1.29, 1.82) is 0 Å². The summed E-state index contributed by atoms with van der Waals surface area (Å²) in [6.45, 7) is 6.34. The van der Waals surface area contributed by atoms with E-state index >= 15 is 0 Å². The molecule has 154 valence electrons. The number of pyridine rings is 1. The van der Waals surface area contributed by atoms with Gasteiger partial charge < -0.3 is 9.88 Å². The Hall–Kier alpha value is -3.13. The smallest absolute Gasteiger partial charge is 0.266 e. The quantitative estimate of drug-likeness (QED) is 0.514. The van der Waals surface area contributed by atoms with Gasteiger partial charge in [-0.05, 0) is 58.7 Å². The zero-order valence-electron chi connectivity index (χ0n) is 17.7. The van der Waals surface area contributed by atoms with E-state index in [1.54, 1.807) is 0 Å². The van der Waals surface area contributed by atoms with Crippen LogP contribution in [0, 0.1) is 12.8 Å². The van der Waals surface area contributed by atoms with Crippen LogP contribution in [-0.2, 0) is 0 Å². The molecule has 0 saturated heterocycles. The fraction of sp³-hybridized carbons (Fsp3) is 0.409. The van der Waals surface area contributed by atoms with Gasteiger partial charge >= 0.3 is 0 Å². The van der Waals surface area contributed by atoms with Crippen LogP contribution in [0.3, 0.4) is 0 Å². The maximum atomic E-state index is 4.59. The van der Waals surface area contributed by atoms with Gasteiger partial charge in [-0.3, -0.25) is 0 Å². The molecule has 0 atom stereocenters. The molecular formula is C22H26N8. The predicted octanol–water partition coefficient (Wildman–Crippen LogP) is 3.73. The minimum Gasteiger partial charge on any atom is -0.324 e. The molecular weight excluding hydrogens is 376 g/mol. The maximum absolute atomic E-state index is 4.59. The molecule has 4 aromatic rings. The Morgan fingerprint density at radius 1 is 1.20 bits per heavy atom. The Kier molecular flexibility index (Phi) is 4.58. The highest BCUT2D eigenvalue weighted by Gasteiger charge is 2.26. The molecule has 4 heterocycles. The third-order valence-electron chi connectivity index (χ3n) is 5.94. The Labute approximate surface area is 175 Å². The first-order chi connectivity index (χ1) is 14.5. The van der Waals surface area contributed by atoms with Crippen LogP contribution < -0.4 is 5.32 Å². The standard InChI is InChI=1S/C22H26N8/c1-13(2)30-14(3)27-21-19(30)9-16(11-24-21)18-5-6-29-20(18)12-26-22(28-29)25-10-15-7-17(8-15)23-4/h5-6,9-13,15,17,23H,7-8H2,1-4H3/b25-10+. The summed E-state index contributed by atoms with van der Waals surface area (Å²) >= 11 is 0. The highest BCUT2D eigenvalue weighted by molar-refractivity contribution is 5.85. The van der Waals surface area contributed by atoms with Crippen LogP contribution in [0.4, 0.5) is 5.95 Å². The van der Waals surface area contributed by atoms with Crippen molar-refractivity contribution in [2.45, 2.75) is 45.7 Å². The summed E-state index contributed by atoms with van der Waals surface area (Å²) in [7, 11) is 2.00. The van der Waals surface area contributed by atoms with Crippen molar-refractivity contribution in [3.05, 3.63) is 36.5 Å². The molecule has 0 amide bonds. The van der Waals surface area contributed by atoms with Gasteiger partial charge in [0.15, 0.2) is 5.65 Å². The molecule has 0 aliphatic heterocycles. The largest absolute Gasteiger partial charge is 0.324 e. The van der Waals surface area contributed by atoms with Crippen LogP contribution in [0.5, 0.6) is 0 Å². The van der Waals surface area contributed by atoms with Crippen LogP contribution in [0.15, 0.2) is 35.7 Å². The van der Waals surface area contributed by atoms with E-state index in [0.29, 0.717) is 23.9 Å². The number of rotatable bonds is 5. The molecule has 4 aromatic heterocycles. The van der Waals surface area contributed by atoms with E-state index in [1.165, 1.54) is 0 Å². The molecule has 1 fully saturated rings. The first-order valence-corrected chi connectivity index (χ1v) is 10.4. The Bertz CT molecular complexity index is 1240. The van der Waals surface area contributed by atoms with E-state index in [0.717, 1.165) is 46.5 Å². The van der Waals surface area contributed by atoms with Crippen LogP contribution in [0.2, 0.25) is 0 Å². The van der Waals surface area contributed by atoms with Gasteiger partial charge in [0.25, 0.3) is 5.95 Å². The molecule has 8 nitrogen and oxygen atoms in total. The number of imidazole rings is 1. The number of hydrogen-bond acceptors (Lipinski definition) is 6.